The molecular formula is C18H30N2O. The molecular weight excluding hydrogens is 260 g/mol. The first-order chi connectivity index (χ1) is 10.1. The average molecular weight is 290 g/mol. The largest absolute Gasteiger partial charge is 0.350 e. The molecule has 0 aromatic carbocycles. The fourth-order valence-corrected chi connectivity index (χ4v) is 6.28. The quantitative estimate of drug-likeness (QED) is 0.839. The third kappa shape index (κ3) is 2.32. The molecule has 4 saturated carbocycles. The zero-order chi connectivity index (χ0) is 14.5. The SMILES string of the molecule is CCC1(C(=O)NC23CC4CC(CC(C4)C2)C3)CCNCC1. The van der Waals surface area contributed by atoms with E-state index >= 15 is 0 Å². The van der Waals surface area contributed by atoms with Crippen LogP contribution in [0.5, 0.6) is 0 Å². The lowest BCUT2D eigenvalue weighted by Gasteiger charge is -2.57. The van der Waals surface area contributed by atoms with Gasteiger partial charge in [-0.15, -0.1) is 0 Å². The first kappa shape index (κ1) is 14.0. The zero-order valence-electron chi connectivity index (χ0n) is 13.4. The van der Waals surface area contributed by atoms with E-state index in [4.69, 9.17) is 0 Å². The van der Waals surface area contributed by atoms with Gasteiger partial charge in [0.2, 0.25) is 5.91 Å². The first-order valence-electron chi connectivity index (χ1n) is 9.16. The maximum Gasteiger partial charge on any atom is 0.226 e. The van der Waals surface area contributed by atoms with Gasteiger partial charge in [0.25, 0.3) is 0 Å². The second kappa shape index (κ2) is 4.97. The fourth-order valence-electron chi connectivity index (χ4n) is 6.28. The molecule has 2 N–H and O–H groups in total. The summed E-state index contributed by atoms with van der Waals surface area (Å²) in [5.74, 6) is 3.10. The molecule has 0 atom stereocenters. The molecule has 118 valence electrons. The molecule has 0 aromatic rings. The molecule has 0 unspecified atom stereocenters. The van der Waals surface area contributed by atoms with E-state index in [1.807, 2.05) is 0 Å². The third-order valence-corrected chi connectivity index (χ3v) is 7.14. The monoisotopic (exact) mass is 290 g/mol. The van der Waals surface area contributed by atoms with E-state index in [9.17, 15) is 4.79 Å². The lowest BCUT2D eigenvalue weighted by atomic mass is 9.53. The van der Waals surface area contributed by atoms with E-state index in [0.717, 1.165) is 50.1 Å². The minimum atomic E-state index is -0.0887. The molecule has 5 fully saturated rings. The third-order valence-electron chi connectivity index (χ3n) is 7.14. The van der Waals surface area contributed by atoms with E-state index in [2.05, 4.69) is 17.6 Å². The highest BCUT2D eigenvalue weighted by Crippen LogP contribution is 2.56. The van der Waals surface area contributed by atoms with Crippen LogP contribution in [0, 0.1) is 23.2 Å². The van der Waals surface area contributed by atoms with Crippen molar-refractivity contribution in [1.82, 2.24) is 10.6 Å². The van der Waals surface area contributed by atoms with E-state index in [0.29, 0.717) is 5.91 Å². The Morgan fingerprint density at radius 1 is 1.05 bits per heavy atom. The van der Waals surface area contributed by atoms with Crippen molar-refractivity contribution in [1.29, 1.82) is 0 Å². The van der Waals surface area contributed by atoms with Gasteiger partial charge in [0.05, 0.1) is 5.41 Å². The van der Waals surface area contributed by atoms with Gasteiger partial charge in [-0.05, 0) is 88.6 Å². The van der Waals surface area contributed by atoms with Gasteiger partial charge in [0, 0.05) is 5.54 Å². The van der Waals surface area contributed by atoms with Gasteiger partial charge in [-0.25, -0.2) is 0 Å². The maximum atomic E-state index is 13.1. The van der Waals surface area contributed by atoms with Crippen LogP contribution in [-0.2, 0) is 4.79 Å². The van der Waals surface area contributed by atoms with Crippen molar-refractivity contribution in [3.63, 3.8) is 0 Å². The molecule has 4 aliphatic carbocycles. The molecule has 1 heterocycles. The maximum absolute atomic E-state index is 13.1. The van der Waals surface area contributed by atoms with E-state index in [1.165, 1.54) is 38.5 Å². The molecule has 1 amide bonds. The first-order valence-corrected chi connectivity index (χ1v) is 9.16. The van der Waals surface area contributed by atoms with Gasteiger partial charge in [0.1, 0.15) is 0 Å². The van der Waals surface area contributed by atoms with Crippen molar-refractivity contribution in [3.8, 4) is 0 Å². The van der Waals surface area contributed by atoms with Crippen LogP contribution in [0.2, 0.25) is 0 Å². The molecule has 0 spiro atoms. The summed E-state index contributed by atoms with van der Waals surface area (Å²) in [5, 5.41) is 7.03. The molecule has 3 nitrogen and oxygen atoms in total. The van der Waals surface area contributed by atoms with Gasteiger partial charge in [0.15, 0.2) is 0 Å². The van der Waals surface area contributed by atoms with Crippen molar-refractivity contribution in [3.05, 3.63) is 0 Å². The highest BCUT2D eigenvalue weighted by Gasteiger charge is 2.53. The van der Waals surface area contributed by atoms with Gasteiger partial charge >= 0.3 is 0 Å². The van der Waals surface area contributed by atoms with E-state index in [-0.39, 0.29) is 11.0 Å². The molecule has 0 aromatic heterocycles. The second-order valence-electron chi connectivity index (χ2n) is 8.54. The summed E-state index contributed by atoms with van der Waals surface area (Å²) in [6, 6.07) is 0. The predicted molar refractivity (Wildman–Crippen MR) is 83.9 cm³/mol. The Morgan fingerprint density at radius 2 is 1.57 bits per heavy atom. The van der Waals surface area contributed by atoms with Crippen LogP contribution in [0.1, 0.15) is 64.7 Å². The van der Waals surface area contributed by atoms with Crippen molar-refractivity contribution >= 4 is 5.91 Å². The van der Waals surface area contributed by atoms with Crippen LogP contribution >= 0.6 is 0 Å². The summed E-state index contributed by atoms with van der Waals surface area (Å²) in [5.41, 5.74) is 0.0907. The Kier molecular flexibility index (Phi) is 3.33. The van der Waals surface area contributed by atoms with Gasteiger partial charge in [-0.3, -0.25) is 4.79 Å². The van der Waals surface area contributed by atoms with Gasteiger partial charge < -0.3 is 10.6 Å². The van der Waals surface area contributed by atoms with Crippen LogP contribution in [-0.4, -0.2) is 24.5 Å². The van der Waals surface area contributed by atoms with Crippen LogP contribution in [0.25, 0.3) is 0 Å². The van der Waals surface area contributed by atoms with Crippen LogP contribution in [0.3, 0.4) is 0 Å². The van der Waals surface area contributed by atoms with Crippen molar-refractivity contribution in [2.24, 2.45) is 23.2 Å². The zero-order valence-corrected chi connectivity index (χ0v) is 13.4. The standard InChI is InChI=1S/C18H30N2O/c1-2-17(3-5-19-6-4-17)16(21)20-18-10-13-7-14(11-18)9-15(8-13)12-18/h13-15,19H,2-12H2,1H3,(H,20,21). The van der Waals surface area contributed by atoms with Crippen molar-refractivity contribution in [2.75, 3.05) is 13.1 Å². The van der Waals surface area contributed by atoms with E-state index in [1.54, 1.807) is 0 Å². The number of hydrogen-bond donors (Lipinski definition) is 2. The second-order valence-corrected chi connectivity index (χ2v) is 8.54. The van der Waals surface area contributed by atoms with Gasteiger partial charge in [-0.1, -0.05) is 6.92 Å². The Bertz CT molecular complexity index is 390. The molecule has 3 heteroatoms. The van der Waals surface area contributed by atoms with Crippen LogP contribution in [0.15, 0.2) is 0 Å². The lowest BCUT2D eigenvalue weighted by Crippen LogP contribution is -2.62. The number of rotatable bonds is 3. The summed E-state index contributed by atoms with van der Waals surface area (Å²) in [6.07, 6.45) is 11.2. The number of amides is 1. The summed E-state index contributed by atoms with van der Waals surface area (Å²) in [4.78, 5) is 13.1. The number of piperidine rings is 1. The van der Waals surface area contributed by atoms with Crippen LogP contribution < -0.4 is 10.6 Å². The Balaban J connectivity index is 1.51. The molecule has 1 aliphatic heterocycles. The fraction of sp³-hybridized carbons (Fsp3) is 0.944. The summed E-state index contributed by atoms with van der Waals surface area (Å²) >= 11 is 0. The molecule has 21 heavy (non-hydrogen) atoms. The number of carbonyl (C=O) groups excluding carboxylic acids is 1. The van der Waals surface area contributed by atoms with Crippen LogP contribution in [0.4, 0.5) is 0 Å². The van der Waals surface area contributed by atoms with Crippen molar-refractivity contribution in [2.45, 2.75) is 70.3 Å². The van der Waals surface area contributed by atoms with E-state index < -0.39 is 0 Å². The molecule has 4 bridgehead atoms. The molecule has 5 rings (SSSR count). The molecule has 0 radical (unpaired) electrons. The predicted octanol–water partition coefficient (Wildman–Crippen LogP) is 2.85. The summed E-state index contributed by atoms with van der Waals surface area (Å²) < 4.78 is 0. The molecule has 1 saturated heterocycles. The highest BCUT2D eigenvalue weighted by atomic mass is 16.2. The van der Waals surface area contributed by atoms with Gasteiger partial charge in [-0.2, -0.15) is 0 Å². The number of hydrogen-bond acceptors (Lipinski definition) is 2. The topological polar surface area (TPSA) is 41.1 Å². The smallest absolute Gasteiger partial charge is 0.226 e. The lowest BCUT2D eigenvalue weighted by molar-refractivity contribution is -0.138. The number of carbonyl (C=O) groups is 1. The summed E-state index contributed by atoms with van der Waals surface area (Å²) in [7, 11) is 0. The van der Waals surface area contributed by atoms with Crippen molar-refractivity contribution < 1.29 is 4.79 Å². The minimum absolute atomic E-state index is 0.0887. The Morgan fingerprint density at radius 3 is 2.05 bits per heavy atom. The Hall–Kier alpha value is -0.570. The number of nitrogens with one attached hydrogen (secondary N) is 2. The molecule has 5 aliphatic rings. The summed E-state index contributed by atoms with van der Waals surface area (Å²) in [6.45, 7) is 4.20. The highest BCUT2D eigenvalue weighted by molar-refractivity contribution is 5.83. The normalized spacial score (nSPS) is 43.8. The average Bonchev–Trinajstić information content (AvgIpc) is 2.46. The minimum Gasteiger partial charge on any atom is -0.350 e. The Labute approximate surface area is 128 Å².